The maximum Gasteiger partial charge on any atom is 0.137 e. The molecule has 0 aliphatic rings. The van der Waals surface area contributed by atoms with Crippen LogP contribution < -0.4 is 5.73 Å². The van der Waals surface area contributed by atoms with Crippen LogP contribution in [0.3, 0.4) is 0 Å². The van der Waals surface area contributed by atoms with Crippen LogP contribution in [0.2, 0.25) is 5.15 Å². The average molecular weight is 215 g/mol. The fraction of sp³-hybridized carbons (Fsp3) is 0.556. The first kappa shape index (κ1) is 11.2. The van der Waals surface area contributed by atoms with Gasteiger partial charge in [-0.25, -0.2) is 9.97 Å². The number of hydrogen-bond acceptors (Lipinski definition) is 4. The molecule has 78 valence electrons. The van der Waals surface area contributed by atoms with E-state index in [-0.39, 0.29) is 0 Å². The second-order valence-electron chi connectivity index (χ2n) is 3.44. The molecule has 0 fully saturated rings. The molecule has 0 atom stereocenters. The fourth-order valence-corrected chi connectivity index (χ4v) is 1.44. The molecule has 0 aliphatic heterocycles. The summed E-state index contributed by atoms with van der Waals surface area (Å²) in [6.45, 7) is 1.00. The van der Waals surface area contributed by atoms with E-state index < -0.39 is 0 Å². The maximum absolute atomic E-state index is 5.90. The zero-order valence-electron chi connectivity index (χ0n) is 8.50. The second kappa shape index (κ2) is 5.12. The molecule has 0 saturated heterocycles. The first-order chi connectivity index (χ1) is 6.61. The van der Waals surface area contributed by atoms with E-state index in [4.69, 9.17) is 17.3 Å². The van der Waals surface area contributed by atoms with Crippen LogP contribution >= 0.6 is 11.6 Å². The Kier molecular flexibility index (Phi) is 4.10. The lowest BCUT2D eigenvalue weighted by atomic mass is 10.1. The third kappa shape index (κ3) is 3.12. The van der Waals surface area contributed by atoms with E-state index in [0.29, 0.717) is 11.0 Å². The Hall–Kier alpha value is -0.870. The summed E-state index contributed by atoms with van der Waals surface area (Å²) in [7, 11) is 4.07. The van der Waals surface area contributed by atoms with Gasteiger partial charge in [-0.05, 0) is 33.5 Å². The van der Waals surface area contributed by atoms with Crippen molar-refractivity contribution in [3.63, 3.8) is 0 Å². The summed E-state index contributed by atoms with van der Waals surface area (Å²) in [5.74, 6) is 0.490. The zero-order chi connectivity index (χ0) is 10.6. The van der Waals surface area contributed by atoms with Crippen LogP contribution in [0.25, 0.3) is 0 Å². The number of nitrogen functional groups attached to an aromatic ring is 1. The first-order valence-electron chi connectivity index (χ1n) is 4.51. The highest BCUT2D eigenvalue weighted by Crippen LogP contribution is 2.18. The minimum absolute atomic E-state index is 0.469. The highest BCUT2D eigenvalue weighted by molar-refractivity contribution is 6.30. The molecule has 0 spiro atoms. The molecule has 2 N–H and O–H groups in total. The molecule has 0 amide bonds. The van der Waals surface area contributed by atoms with Crippen molar-refractivity contribution in [2.24, 2.45) is 0 Å². The molecule has 0 unspecified atom stereocenters. The lowest BCUT2D eigenvalue weighted by Gasteiger charge is -2.10. The largest absolute Gasteiger partial charge is 0.383 e. The summed E-state index contributed by atoms with van der Waals surface area (Å²) in [5.41, 5.74) is 6.55. The highest BCUT2D eigenvalue weighted by Gasteiger charge is 2.06. The van der Waals surface area contributed by atoms with E-state index in [1.807, 2.05) is 14.1 Å². The molecule has 1 rings (SSSR count). The van der Waals surface area contributed by atoms with Gasteiger partial charge in [0.05, 0.1) is 0 Å². The number of nitrogens with two attached hydrogens (primary N) is 1. The number of nitrogens with zero attached hydrogens (tertiary/aromatic N) is 3. The van der Waals surface area contributed by atoms with Gasteiger partial charge in [0.1, 0.15) is 17.3 Å². The summed E-state index contributed by atoms with van der Waals surface area (Å²) in [6.07, 6.45) is 3.21. The topological polar surface area (TPSA) is 55.0 Å². The van der Waals surface area contributed by atoms with E-state index in [1.165, 1.54) is 6.33 Å². The summed E-state index contributed by atoms with van der Waals surface area (Å²) >= 11 is 5.90. The van der Waals surface area contributed by atoms with Gasteiger partial charge >= 0.3 is 0 Å². The lowest BCUT2D eigenvalue weighted by Crippen LogP contribution is -2.14. The van der Waals surface area contributed by atoms with E-state index in [9.17, 15) is 0 Å². The molecule has 0 aliphatic carbocycles. The van der Waals surface area contributed by atoms with Crippen LogP contribution in [0, 0.1) is 0 Å². The number of anilines is 1. The van der Waals surface area contributed by atoms with Crippen molar-refractivity contribution in [1.82, 2.24) is 14.9 Å². The SMILES string of the molecule is CN(C)CCCc1c(N)ncnc1Cl. The number of halogens is 1. The van der Waals surface area contributed by atoms with Gasteiger partial charge in [-0.2, -0.15) is 0 Å². The molecule has 0 aromatic carbocycles. The lowest BCUT2D eigenvalue weighted by molar-refractivity contribution is 0.400. The zero-order valence-corrected chi connectivity index (χ0v) is 9.25. The van der Waals surface area contributed by atoms with E-state index in [0.717, 1.165) is 24.9 Å². The molecular formula is C9H15ClN4. The predicted octanol–water partition coefficient (Wildman–Crippen LogP) is 1.21. The molecule has 0 bridgehead atoms. The van der Waals surface area contributed by atoms with Crippen molar-refractivity contribution in [3.8, 4) is 0 Å². The Morgan fingerprint density at radius 2 is 2.14 bits per heavy atom. The van der Waals surface area contributed by atoms with Gasteiger partial charge in [0.2, 0.25) is 0 Å². The van der Waals surface area contributed by atoms with Crippen LogP contribution in [0.5, 0.6) is 0 Å². The smallest absolute Gasteiger partial charge is 0.137 e. The normalized spacial score (nSPS) is 10.9. The Labute approximate surface area is 89.1 Å². The molecule has 1 aromatic rings. The summed E-state index contributed by atoms with van der Waals surface area (Å²) in [4.78, 5) is 9.92. The number of aromatic nitrogens is 2. The standard InChI is InChI=1S/C9H15ClN4/c1-14(2)5-3-4-7-8(10)12-6-13-9(7)11/h6H,3-5H2,1-2H3,(H2,11,12,13). The highest BCUT2D eigenvalue weighted by atomic mass is 35.5. The second-order valence-corrected chi connectivity index (χ2v) is 3.79. The molecule has 0 saturated carbocycles. The van der Waals surface area contributed by atoms with Crippen LogP contribution in [-0.4, -0.2) is 35.5 Å². The molecular weight excluding hydrogens is 200 g/mol. The van der Waals surface area contributed by atoms with Crippen molar-refractivity contribution >= 4 is 17.4 Å². The van der Waals surface area contributed by atoms with Gasteiger partial charge in [-0.3, -0.25) is 0 Å². The Morgan fingerprint density at radius 1 is 1.43 bits per heavy atom. The fourth-order valence-electron chi connectivity index (χ4n) is 1.21. The Balaban J connectivity index is 2.58. The first-order valence-corrected chi connectivity index (χ1v) is 4.88. The molecule has 1 heterocycles. The van der Waals surface area contributed by atoms with E-state index in [2.05, 4.69) is 14.9 Å². The van der Waals surface area contributed by atoms with Crippen molar-refractivity contribution in [3.05, 3.63) is 17.0 Å². The third-order valence-electron chi connectivity index (χ3n) is 1.96. The van der Waals surface area contributed by atoms with Crippen LogP contribution in [0.15, 0.2) is 6.33 Å². The Bertz CT molecular complexity index is 281. The monoisotopic (exact) mass is 214 g/mol. The van der Waals surface area contributed by atoms with Gasteiger partial charge in [0.25, 0.3) is 0 Å². The van der Waals surface area contributed by atoms with E-state index in [1.54, 1.807) is 0 Å². The van der Waals surface area contributed by atoms with Crippen LogP contribution in [-0.2, 0) is 6.42 Å². The summed E-state index contributed by atoms with van der Waals surface area (Å²) in [6, 6.07) is 0. The predicted molar refractivity (Wildman–Crippen MR) is 58.3 cm³/mol. The quantitative estimate of drug-likeness (QED) is 0.766. The van der Waals surface area contributed by atoms with Gasteiger partial charge < -0.3 is 10.6 Å². The summed E-state index contributed by atoms with van der Waals surface area (Å²) < 4.78 is 0. The number of hydrogen-bond donors (Lipinski definition) is 1. The maximum atomic E-state index is 5.90. The molecule has 14 heavy (non-hydrogen) atoms. The van der Waals surface area contributed by atoms with Gasteiger partial charge in [-0.15, -0.1) is 0 Å². The molecule has 5 heteroatoms. The minimum atomic E-state index is 0.469. The Morgan fingerprint density at radius 3 is 2.71 bits per heavy atom. The number of rotatable bonds is 4. The van der Waals surface area contributed by atoms with E-state index >= 15 is 0 Å². The van der Waals surface area contributed by atoms with Crippen molar-refractivity contribution < 1.29 is 0 Å². The van der Waals surface area contributed by atoms with Crippen molar-refractivity contribution in [2.45, 2.75) is 12.8 Å². The third-order valence-corrected chi connectivity index (χ3v) is 2.28. The van der Waals surface area contributed by atoms with Crippen LogP contribution in [0.1, 0.15) is 12.0 Å². The van der Waals surface area contributed by atoms with Crippen molar-refractivity contribution in [1.29, 1.82) is 0 Å². The van der Waals surface area contributed by atoms with Crippen molar-refractivity contribution in [2.75, 3.05) is 26.4 Å². The summed E-state index contributed by atoms with van der Waals surface area (Å²) in [5, 5.41) is 0.469. The minimum Gasteiger partial charge on any atom is -0.383 e. The van der Waals surface area contributed by atoms with Crippen LogP contribution in [0.4, 0.5) is 5.82 Å². The molecule has 4 nitrogen and oxygen atoms in total. The van der Waals surface area contributed by atoms with Gasteiger partial charge in [0.15, 0.2) is 0 Å². The molecule has 0 radical (unpaired) electrons. The average Bonchev–Trinajstić information content (AvgIpc) is 2.09. The van der Waals surface area contributed by atoms with Gasteiger partial charge in [0, 0.05) is 5.56 Å². The molecule has 1 aromatic heterocycles. The van der Waals surface area contributed by atoms with Gasteiger partial charge in [-0.1, -0.05) is 11.6 Å².